The second-order valence-corrected chi connectivity index (χ2v) is 6.29. The SMILES string of the molecule is CCN1CCC(c2cc(C)ccc2S(=O)(=O)O)C1. The molecule has 1 heterocycles. The molecule has 2 rings (SSSR count). The molecule has 1 aromatic carbocycles. The standard InChI is InChI=1S/C13H19NO3S/c1-3-14-7-6-11(9-14)12-8-10(2)4-5-13(12)18(15,16)17/h4-5,8,11H,3,6-7,9H2,1-2H3,(H,15,16,17). The lowest BCUT2D eigenvalue weighted by Crippen LogP contribution is -2.19. The fourth-order valence-electron chi connectivity index (χ4n) is 2.60. The molecule has 0 bridgehead atoms. The Hall–Kier alpha value is -0.910. The minimum atomic E-state index is -4.13. The highest BCUT2D eigenvalue weighted by Gasteiger charge is 2.27. The lowest BCUT2D eigenvalue weighted by molar-refractivity contribution is 0.353. The first-order chi connectivity index (χ1) is 8.41. The van der Waals surface area contributed by atoms with Crippen LogP contribution in [0.25, 0.3) is 0 Å². The summed E-state index contributed by atoms with van der Waals surface area (Å²) in [5, 5.41) is 0. The molecule has 1 aromatic rings. The van der Waals surface area contributed by atoms with Crippen LogP contribution in [0.1, 0.15) is 30.4 Å². The Balaban J connectivity index is 2.41. The predicted octanol–water partition coefficient (Wildman–Crippen LogP) is 2.05. The van der Waals surface area contributed by atoms with Crippen LogP contribution in [0.2, 0.25) is 0 Å². The topological polar surface area (TPSA) is 57.6 Å². The quantitative estimate of drug-likeness (QED) is 0.853. The molecule has 18 heavy (non-hydrogen) atoms. The molecule has 1 aliphatic rings. The Morgan fingerprint density at radius 1 is 1.44 bits per heavy atom. The van der Waals surface area contributed by atoms with E-state index in [0.717, 1.165) is 37.2 Å². The normalized spacial score (nSPS) is 21.4. The van der Waals surface area contributed by atoms with Crippen LogP contribution in [-0.2, 0) is 10.1 Å². The summed E-state index contributed by atoms with van der Waals surface area (Å²) in [6, 6.07) is 5.11. The molecule has 1 atom stereocenters. The predicted molar refractivity (Wildman–Crippen MR) is 70.5 cm³/mol. The van der Waals surface area contributed by atoms with Crippen molar-refractivity contribution in [2.45, 2.75) is 31.1 Å². The minimum Gasteiger partial charge on any atom is -0.303 e. The third-order valence-electron chi connectivity index (χ3n) is 3.60. The van der Waals surface area contributed by atoms with E-state index in [1.807, 2.05) is 13.0 Å². The van der Waals surface area contributed by atoms with E-state index in [1.54, 1.807) is 6.07 Å². The minimum absolute atomic E-state index is 0.0658. The van der Waals surface area contributed by atoms with Gasteiger partial charge in [-0.05, 0) is 44.0 Å². The van der Waals surface area contributed by atoms with E-state index in [9.17, 15) is 13.0 Å². The van der Waals surface area contributed by atoms with Gasteiger partial charge in [0.2, 0.25) is 0 Å². The number of likely N-dealkylation sites (N-methyl/N-ethyl adjacent to an activating group) is 1. The zero-order valence-electron chi connectivity index (χ0n) is 10.8. The van der Waals surface area contributed by atoms with Crippen LogP contribution in [-0.4, -0.2) is 37.5 Å². The summed E-state index contributed by atoms with van der Waals surface area (Å²) in [5.74, 6) is 0.196. The van der Waals surface area contributed by atoms with Crippen molar-refractivity contribution in [2.24, 2.45) is 0 Å². The van der Waals surface area contributed by atoms with Crippen LogP contribution in [0.3, 0.4) is 0 Å². The third-order valence-corrected chi connectivity index (χ3v) is 4.53. The molecular formula is C13H19NO3S. The molecule has 5 heteroatoms. The molecule has 1 aliphatic heterocycles. The van der Waals surface area contributed by atoms with Crippen LogP contribution in [0.15, 0.2) is 23.1 Å². The molecule has 0 amide bonds. The van der Waals surface area contributed by atoms with E-state index in [2.05, 4.69) is 11.8 Å². The summed E-state index contributed by atoms with van der Waals surface area (Å²) in [4.78, 5) is 2.36. The number of rotatable bonds is 3. The highest BCUT2D eigenvalue weighted by atomic mass is 32.2. The molecule has 1 fully saturated rings. The number of hydrogen-bond donors (Lipinski definition) is 1. The number of aryl methyl sites for hydroxylation is 1. The van der Waals surface area contributed by atoms with Crippen LogP contribution >= 0.6 is 0 Å². The molecule has 0 spiro atoms. The van der Waals surface area contributed by atoms with Gasteiger partial charge in [-0.1, -0.05) is 24.6 Å². The van der Waals surface area contributed by atoms with Gasteiger partial charge in [0.25, 0.3) is 10.1 Å². The number of benzene rings is 1. The molecule has 0 radical (unpaired) electrons. The maximum absolute atomic E-state index is 11.4. The first-order valence-electron chi connectivity index (χ1n) is 6.22. The molecule has 4 nitrogen and oxygen atoms in total. The van der Waals surface area contributed by atoms with Gasteiger partial charge in [-0.2, -0.15) is 8.42 Å². The first-order valence-corrected chi connectivity index (χ1v) is 7.66. The smallest absolute Gasteiger partial charge is 0.294 e. The number of likely N-dealkylation sites (tertiary alicyclic amines) is 1. The molecular weight excluding hydrogens is 250 g/mol. The summed E-state index contributed by atoms with van der Waals surface area (Å²) >= 11 is 0. The Morgan fingerprint density at radius 3 is 2.72 bits per heavy atom. The summed E-state index contributed by atoms with van der Waals surface area (Å²) in [5.41, 5.74) is 1.78. The van der Waals surface area contributed by atoms with Gasteiger partial charge in [0.1, 0.15) is 0 Å². The van der Waals surface area contributed by atoms with Crippen molar-refractivity contribution >= 4 is 10.1 Å². The summed E-state index contributed by atoms with van der Waals surface area (Å²) < 4.78 is 32.1. The van der Waals surface area contributed by atoms with Gasteiger partial charge in [0.05, 0.1) is 4.90 Å². The largest absolute Gasteiger partial charge is 0.303 e. The van der Waals surface area contributed by atoms with Gasteiger partial charge >= 0.3 is 0 Å². The zero-order valence-corrected chi connectivity index (χ0v) is 11.6. The van der Waals surface area contributed by atoms with Crippen LogP contribution in [0.4, 0.5) is 0 Å². The van der Waals surface area contributed by atoms with Crippen molar-refractivity contribution in [1.82, 2.24) is 4.90 Å². The molecule has 0 aromatic heterocycles. The van der Waals surface area contributed by atoms with E-state index in [4.69, 9.17) is 0 Å². The molecule has 1 saturated heterocycles. The third kappa shape index (κ3) is 2.74. The summed E-state index contributed by atoms with van der Waals surface area (Å²) in [7, 11) is -4.13. The van der Waals surface area contributed by atoms with Gasteiger partial charge in [-0.3, -0.25) is 4.55 Å². The maximum atomic E-state index is 11.4. The fourth-order valence-corrected chi connectivity index (χ4v) is 3.36. The van der Waals surface area contributed by atoms with Crippen LogP contribution < -0.4 is 0 Å². The molecule has 1 N–H and O–H groups in total. The van der Waals surface area contributed by atoms with E-state index in [1.165, 1.54) is 6.07 Å². The van der Waals surface area contributed by atoms with Crippen LogP contribution in [0, 0.1) is 6.92 Å². The van der Waals surface area contributed by atoms with Gasteiger partial charge in [0.15, 0.2) is 0 Å². The zero-order chi connectivity index (χ0) is 13.3. The average Bonchev–Trinajstić information content (AvgIpc) is 2.75. The van der Waals surface area contributed by atoms with Gasteiger partial charge in [-0.15, -0.1) is 0 Å². The van der Waals surface area contributed by atoms with Crippen molar-refractivity contribution in [3.05, 3.63) is 29.3 Å². The van der Waals surface area contributed by atoms with Crippen molar-refractivity contribution in [1.29, 1.82) is 0 Å². The summed E-state index contributed by atoms with van der Waals surface area (Å²) in [6.07, 6.45) is 0.944. The second-order valence-electron chi connectivity index (χ2n) is 4.90. The Kier molecular flexibility index (Phi) is 3.75. The lowest BCUT2D eigenvalue weighted by atomic mass is 9.97. The van der Waals surface area contributed by atoms with E-state index in [0.29, 0.717) is 0 Å². The Labute approximate surface area is 108 Å². The van der Waals surface area contributed by atoms with E-state index >= 15 is 0 Å². The van der Waals surface area contributed by atoms with Crippen molar-refractivity contribution in [3.8, 4) is 0 Å². The van der Waals surface area contributed by atoms with Crippen LogP contribution in [0.5, 0.6) is 0 Å². The molecule has 0 aliphatic carbocycles. The van der Waals surface area contributed by atoms with E-state index < -0.39 is 10.1 Å². The highest BCUT2D eigenvalue weighted by Crippen LogP contribution is 2.32. The fraction of sp³-hybridized carbons (Fsp3) is 0.538. The number of nitrogens with zero attached hydrogens (tertiary/aromatic N) is 1. The Morgan fingerprint density at radius 2 is 2.17 bits per heavy atom. The summed E-state index contributed by atoms with van der Waals surface area (Å²) in [6.45, 7) is 6.86. The number of hydrogen-bond acceptors (Lipinski definition) is 3. The van der Waals surface area contributed by atoms with Gasteiger partial charge < -0.3 is 4.90 Å². The maximum Gasteiger partial charge on any atom is 0.294 e. The van der Waals surface area contributed by atoms with Crippen molar-refractivity contribution in [3.63, 3.8) is 0 Å². The Bertz CT molecular complexity index is 539. The molecule has 100 valence electrons. The molecule has 0 saturated carbocycles. The van der Waals surface area contributed by atoms with Crippen molar-refractivity contribution in [2.75, 3.05) is 19.6 Å². The first kappa shape index (κ1) is 13.5. The average molecular weight is 269 g/mol. The monoisotopic (exact) mass is 269 g/mol. The van der Waals surface area contributed by atoms with Crippen molar-refractivity contribution < 1.29 is 13.0 Å². The lowest BCUT2D eigenvalue weighted by Gasteiger charge is -2.16. The van der Waals surface area contributed by atoms with Gasteiger partial charge in [-0.25, -0.2) is 0 Å². The van der Waals surface area contributed by atoms with E-state index in [-0.39, 0.29) is 10.8 Å². The van der Waals surface area contributed by atoms with Gasteiger partial charge in [0, 0.05) is 6.54 Å². The highest BCUT2D eigenvalue weighted by molar-refractivity contribution is 7.85. The second kappa shape index (κ2) is 4.99. The molecule has 1 unspecified atom stereocenters.